The van der Waals surface area contributed by atoms with Gasteiger partial charge in [-0.05, 0) is 18.6 Å². The van der Waals surface area contributed by atoms with Gasteiger partial charge in [0.15, 0.2) is 0 Å². The van der Waals surface area contributed by atoms with Crippen molar-refractivity contribution in [3.05, 3.63) is 23.9 Å². The fraction of sp³-hybridized carbons (Fsp3) is 0.385. The molecule has 0 aliphatic carbocycles. The van der Waals surface area contributed by atoms with Crippen LogP contribution in [0.15, 0.2) is 18.3 Å². The zero-order chi connectivity index (χ0) is 12.5. The predicted octanol–water partition coefficient (Wildman–Crippen LogP) is 1.52. The van der Waals surface area contributed by atoms with E-state index in [1.807, 2.05) is 0 Å². The molecule has 4 heteroatoms. The van der Waals surface area contributed by atoms with E-state index in [9.17, 15) is 4.79 Å². The molecule has 1 amide bonds. The van der Waals surface area contributed by atoms with Crippen LogP contribution in [-0.4, -0.2) is 17.4 Å². The van der Waals surface area contributed by atoms with Crippen LogP contribution in [-0.2, 0) is 4.79 Å². The molecular weight excluding hydrogens is 214 g/mol. The quantitative estimate of drug-likeness (QED) is 0.772. The van der Waals surface area contributed by atoms with Gasteiger partial charge in [-0.25, -0.2) is 4.98 Å². The van der Waals surface area contributed by atoms with Gasteiger partial charge >= 0.3 is 0 Å². The number of aromatic nitrogens is 1. The van der Waals surface area contributed by atoms with Crippen molar-refractivity contribution in [2.24, 2.45) is 5.73 Å². The number of carbonyl (C=O) groups is 1. The lowest BCUT2D eigenvalue weighted by Gasteiger charge is -2.03. The van der Waals surface area contributed by atoms with Crippen LogP contribution in [0, 0.1) is 11.8 Å². The average Bonchev–Trinajstić information content (AvgIpc) is 2.34. The number of hydrogen-bond donors (Lipinski definition) is 2. The van der Waals surface area contributed by atoms with Crippen LogP contribution in [0.3, 0.4) is 0 Å². The van der Waals surface area contributed by atoms with Crippen molar-refractivity contribution < 1.29 is 4.79 Å². The maximum atomic E-state index is 11.5. The van der Waals surface area contributed by atoms with E-state index < -0.39 is 0 Å². The fourth-order valence-corrected chi connectivity index (χ4v) is 1.27. The Morgan fingerprint density at radius 1 is 1.59 bits per heavy atom. The average molecular weight is 231 g/mol. The number of hydrogen-bond acceptors (Lipinski definition) is 3. The van der Waals surface area contributed by atoms with Crippen LogP contribution in [0.25, 0.3) is 0 Å². The third-order valence-electron chi connectivity index (χ3n) is 2.12. The first-order chi connectivity index (χ1) is 8.26. The normalized spacial score (nSPS) is 9.29. The second-order valence-electron chi connectivity index (χ2n) is 3.59. The van der Waals surface area contributed by atoms with Gasteiger partial charge in [-0.3, -0.25) is 4.79 Å². The standard InChI is InChI=1S/C13H17N3O/c1-2-3-6-13(17)16-12-10-11(5-4-8-14)7-9-15-12/h7,9-10H,2-3,6,8,14H2,1H3,(H,15,16,17). The van der Waals surface area contributed by atoms with Crippen LogP contribution in [0.1, 0.15) is 31.7 Å². The van der Waals surface area contributed by atoms with E-state index in [0.717, 1.165) is 18.4 Å². The van der Waals surface area contributed by atoms with Gasteiger partial charge in [-0.15, -0.1) is 0 Å². The van der Waals surface area contributed by atoms with E-state index in [4.69, 9.17) is 5.73 Å². The highest BCUT2D eigenvalue weighted by atomic mass is 16.1. The van der Waals surface area contributed by atoms with Crippen molar-refractivity contribution in [1.29, 1.82) is 0 Å². The summed E-state index contributed by atoms with van der Waals surface area (Å²) in [5.41, 5.74) is 6.09. The third-order valence-corrected chi connectivity index (χ3v) is 2.12. The van der Waals surface area contributed by atoms with Gasteiger partial charge in [-0.2, -0.15) is 0 Å². The van der Waals surface area contributed by atoms with Crippen LogP contribution in [0.4, 0.5) is 5.82 Å². The largest absolute Gasteiger partial charge is 0.320 e. The Labute approximate surface area is 102 Å². The second-order valence-corrected chi connectivity index (χ2v) is 3.59. The molecule has 0 spiro atoms. The molecule has 1 rings (SSSR count). The second kappa shape index (κ2) is 7.42. The first kappa shape index (κ1) is 13.2. The Hall–Kier alpha value is -1.86. The zero-order valence-electron chi connectivity index (χ0n) is 9.99. The molecule has 1 aromatic rings. The van der Waals surface area contributed by atoms with Crippen molar-refractivity contribution >= 4 is 11.7 Å². The Morgan fingerprint density at radius 2 is 2.41 bits per heavy atom. The lowest BCUT2D eigenvalue weighted by Crippen LogP contribution is -2.12. The van der Waals surface area contributed by atoms with Gasteiger partial charge in [0.05, 0.1) is 6.54 Å². The Morgan fingerprint density at radius 3 is 3.12 bits per heavy atom. The Kier molecular flexibility index (Phi) is 5.76. The highest BCUT2D eigenvalue weighted by Crippen LogP contribution is 2.06. The van der Waals surface area contributed by atoms with Crippen LogP contribution in [0.5, 0.6) is 0 Å². The minimum Gasteiger partial charge on any atom is -0.320 e. The summed E-state index contributed by atoms with van der Waals surface area (Å²) in [6, 6.07) is 3.52. The van der Waals surface area contributed by atoms with Crippen LogP contribution in [0.2, 0.25) is 0 Å². The summed E-state index contributed by atoms with van der Waals surface area (Å²) in [5.74, 6) is 6.18. The van der Waals surface area contributed by atoms with E-state index in [0.29, 0.717) is 18.8 Å². The molecule has 90 valence electrons. The minimum atomic E-state index is -0.0108. The maximum absolute atomic E-state index is 11.5. The molecule has 0 aliphatic rings. The number of anilines is 1. The number of unbranched alkanes of at least 4 members (excludes halogenated alkanes) is 1. The topological polar surface area (TPSA) is 68.0 Å². The first-order valence-corrected chi connectivity index (χ1v) is 5.71. The number of nitrogens with zero attached hydrogens (tertiary/aromatic N) is 1. The fourth-order valence-electron chi connectivity index (χ4n) is 1.27. The van der Waals surface area contributed by atoms with Gasteiger partial charge in [0.25, 0.3) is 0 Å². The molecule has 0 unspecified atom stereocenters. The highest BCUT2D eigenvalue weighted by molar-refractivity contribution is 5.89. The maximum Gasteiger partial charge on any atom is 0.225 e. The molecule has 0 atom stereocenters. The summed E-state index contributed by atoms with van der Waals surface area (Å²) in [7, 11) is 0. The van der Waals surface area contributed by atoms with E-state index in [2.05, 4.69) is 29.1 Å². The first-order valence-electron chi connectivity index (χ1n) is 5.71. The summed E-state index contributed by atoms with van der Waals surface area (Å²) >= 11 is 0. The van der Waals surface area contributed by atoms with Gasteiger partial charge < -0.3 is 11.1 Å². The Balaban J connectivity index is 2.62. The number of amides is 1. The molecule has 0 fully saturated rings. The number of nitrogens with two attached hydrogens (primary N) is 1. The predicted molar refractivity (Wildman–Crippen MR) is 68.3 cm³/mol. The van der Waals surface area contributed by atoms with Crippen molar-refractivity contribution in [3.8, 4) is 11.8 Å². The molecule has 0 aliphatic heterocycles. The van der Waals surface area contributed by atoms with E-state index in [1.165, 1.54) is 0 Å². The molecule has 1 heterocycles. The molecular formula is C13H17N3O. The molecule has 0 saturated heterocycles. The number of pyridine rings is 1. The summed E-state index contributed by atoms with van der Waals surface area (Å²) < 4.78 is 0. The molecule has 0 aromatic carbocycles. The van der Waals surface area contributed by atoms with Crippen LogP contribution < -0.4 is 11.1 Å². The smallest absolute Gasteiger partial charge is 0.225 e. The van der Waals surface area contributed by atoms with E-state index in [1.54, 1.807) is 18.3 Å². The van der Waals surface area contributed by atoms with Gasteiger partial charge in [0.1, 0.15) is 5.82 Å². The molecule has 0 radical (unpaired) electrons. The number of nitrogens with one attached hydrogen (secondary N) is 1. The van der Waals surface area contributed by atoms with Crippen molar-refractivity contribution in [2.75, 3.05) is 11.9 Å². The molecule has 17 heavy (non-hydrogen) atoms. The Bertz CT molecular complexity index is 432. The summed E-state index contributed by atoms with van der Waals surface area (Å²) in [6.07, 6.45) is 4.04. The summed E-state index contributed by atoms with van der Waals surface area (Å²) in [5, 5.41) is 2.74. The molecule has 4 nitrogen and oxygen atoms in total. The summed E-state index contributed by atoms with van der Waals surface area (Å²) in [6.45, 7) is 2.37. The monoisotopic (exact) mass is 231 g/mol. The van der Waals surface area contributed by atoms with Crippen LogP contribution >= 0.6 is 0 Å². The van der Waals surface area contributed by atoms with E-state index in [-0.39, 0.29) is 5.91 Å². The number of carbonyl (C=O) groups excluding carboxylic acids is 1. The van der Waals surface area contributed by atoms with Gasteiger partial charge in [0, 0.05) is 18.2 Å². The summed E-state index contributed by atoms with van der Waals surface area (Å²) in [4.78, 5) is 15.6. The van der Waals surface area contributed by atoms with Crippen molar-refractivity contribution in [2.45, 2.75) is 26.2 Å². The zero-order valence-corrected chi connectivity index (χ0v) is 9.99. The van der Waals surface area contributed by atoms with Gasteiger partial charge in [0.2, 0.25) is 5.91 Å². The SMILES string of the molecule is CCCCC(=O)Nc1cc(C#CCN)ccn1. The molecule has 0 bridgehead atoms. The molecule has 3 N–H and O–H groups in total. The lowest BCUT2D eigenvalue weighted by molar-refractivity contribution is -0.116. The molecule has 1 aromatic heterocycles. The van der Waals surface area contributed by atoms with Gasteiger partial charge in [-0.1, -0.05) is 25.2 Å². The van der Waals surface area contributed by atoms with Crippen molar-refractivity contribution in [1.82, 2.24) is 4.98 Å². The lowest BCUT2D eigenvalue weighted by atomic mass is 10.2. The van der Waals surface area contributed by atoms with E-state index >= 15 is 0 Å². The third kappa shape index (κ3) is 5.14. The minimum absolute atomic E-state index is 0.0108. The molecule has 0 saturated carbocycles. The number of rotatable bonds is 4. The highest BCUT2D eigenvalue weighted by Gasteiger charge is 2.02. The van der Waals surface area contributed by atoms with Crippen molar-refractivity contribution in [3.63, 3.8) is 0 Å².